The fourth-order valence-electron chi connectivity index (χ4n) is 3.87. The highest BCUT2D eigenvalue weighted by molar-refractivity contribution is 7.98. The van der Waals surface area contributed by atoms with E-state index >= 15 is 0 Å². The molecular formula is C26H29F2NO2S. The van der Waals surface area contributed by atoms with Gasteiger partial charge in [0.1, 0.15) is 17.4 Å². The van der Waals surface area contributed by atoms with Gasteiger partial charge >= 0.3 is 0 Å². The maximum absolute atomic E-state index is 13.8. The second kappa shape index (κ2) is 10.0. The molecule has 1 unspecified atom stereocenters. The molecule has 0 saturated heterocycles. The lowest BCUT2D eigenvalue weighted by Crippen LogP contribution is -2.13. The molecule has 0 saturated carbocycles. The van der Waals surface area contributed by atoms with Crippen LogP contribution >= 0.6 is 11.8 Å². The number of aromatic hydroxyl groups is 1. The van der Waals surface area contributed by atoms with Crippen LogP contribution in [0.3, 0.4) is 0 Å². The van der Waals surface area contributed by atoms with Crippen molar-refractivity contribution in [1.29, 1.82) is 0 Å². The van der Waals surface area contributed by atoms with E-state index in [1.807, 2.05) is 13.8 Å². The highest BCUT2D eigenvalue weighted by Crippen LogP contribution is 2.44. The van der Waals surface area contributed by atoms with Gasteiger partial charge in [0, 0.05) is 39.2 Å². The van der Waals surface area contributed by atoms with Crippen molar-refractivity contribution < 1.29 is 19.0 Å². The summed E-state index contributed by atoms with van der Waals surface area (Å²) in [5, 5.41) is 21.4. The van der Waals surface area contributed by atoms with Gasteiger partial charge in [-0.1, -0.05) is 27.7 Å². The molecule has 3 rings (SSSR count). The molecule has 0 bridgehead atoms. The Hall–Kier alpha value is -2.44. The van der Waals surface area contributed by atoms with Gasteiger partial charge in [0.2, 0.25) is 0 Å². The Kier molecular flexibility index (Phi) is 7.57. The zero-order valence-corrected chi connectivity index (χ0v) is 19.8. The fourth-order valence-corrected chi connectivity index (χ4v) is 4.80. The van der Waals surface area contributed by atoms with E-state index in [0.717, 1.165) is 27.9 Å². The lowest BCUT2D eigenvalue weighted by Gasteiger charge is -2.26. The molecule has 170 valence electrons. The van der Waals surface area contributed by atoms with Gasteiger partial charge in [0.15, 0.2) is 0 Å². The van der Waals surface area contributed by atoms with Crippen LogP contribution in [0.5, 0.6) is 5.75 Å². The zero-order valence-electron chi connectivity index (χ0n) is 19.0. The molecule has 1 aromatic heterocycles. The Balaban J connectivity index is 2.30. The van der Waals surface area contributed by atoms with Crippen LogP contribution < -0.4 is 0 Å². The second-order valence-electron chi connectivity index (χ2n) is 8.54. The van der Waals surface area contributed by atoms with Crippen molar-refractivity contribution in [3.05, 3.63) is 76.6 Å². The molecule has 6 heteroatoms. The maximum atomic E-state index is 13.8. The molecule has 2 N–H and O–H groups in total. The number of hydrogen-bond acceptors (Lipinski definition) is 4. The highest BCUT2D eigenvalue weighted by atomic mass is 32.2. The molecule has 0 radical (unpaired) electrons. The summed E-state index contributed by atoms with van der Waals surface area (Å²) >= 11 is 1.52. The third-order valence-electron chi connectivity index (χ3n) is 5.33. The van der Waals surface area contributed by atoms with Crippen LogP contribution in [-0.4, -0.2) is 15.2 Å². The Morgan fingerprint density at radius 2 is 1.47 bits per heavy atom. The molecule has 0 aliphatic rings. The molecule has 0 aliphatic carbocycles. The minimum atomic E-state index is -0.838. The van der Waals surface area contributed by atoms with E-state index in [4.69, 9.17) is 4.98 Å². The quantitative estimate of drug-likeness (QED) is 0.365. The molecule has 3 aromatic rings. The first-order chi connectivity index (χ1) is 15.1. The molecule has 0 aliphatic heterocycles. The first-order valence-corrected chi connectivity index (χ1v) is 11.7. The number of benzene rings is 2. The lowest BCUT2D eigenvalue weighted by molar-refractivity contribution is 0.197. The number of aliphatic hydroxyl groups excluding tert-OH is 1. The van der Waals surface area contributed by atoms with Crippen LogP contribution in [0.2, 0.25) is 0 Å². The smallest absolute Gasteiger partial charge is 0.126 e. The summed E-state index contributed by atoms with van der Waals surface area (Å²) in [6, 6.07) is 10.2. The molecule has 2 aromatic carbocycles. The van der Waals surface area contributed by atoms with E-state index in [9.17, 15) is 19.0 Å². The fraction of sp³-hybridized carbons (Fsp3) is 0.346. The largest absolute Gasteiger partial charge is 0.507 e. The van der Waals surface area contributed by atoms with Crippen molar-refractivity contribution in [3.63, 3.8) is 0 Å². The predicted molar refractivity (Wildman–Crippen MR) is 126 cm³/mol. The number of aromatic nitrogens is 1. The monoisotopic (exact) mass is 457 g/mol. The molecular weight excluding hydrogens is 428 g/mol. The summed E-state index contributed by atoms with van der Waals surface area (Å²) in [6.45, 7) is 9.81. The van der Waals surface area contributed by atoms with E-state index in [-0.39, 0.29) is 23.4 Å². The summed E-state index contributed by atoms with van der Waals surface area (Å²) in [7, 11) is 0. The van der Waals surface area contributed by atoms with Crippen LogP contribution in [0.4, 0.5) is 8.78 Å². The van der Waals surface area contributed by atoms with Gasteiger partial charge in [-0.3, -0.25) is 4.98 Å². The van der Waals surface area contributed by atoms with Crippen molar-refractivity contribution in [1.82, 2.24) is 4.98 Å². The van der Waals surface area contributed by atoms with E-state index in [1.54, 1.807) is 25.1 Å². The summed E-state index contributed by atoms with van der Waals surface area (Å²) in [6.07, 6.45) is -0.838. The van der Waals surface area contributed by atoms with Gasteiger partial charge in [-0.15, -0.1) is 11.8 Å². The number of phenolic OH excluding ortho intramolecular Hbond substituents is 1. The summed E-state index contributed by atoms with van der Waals surface area (Å²) < 4.78 is 27.1. The van der Waals surface area contributed by atoms with Crippen LogP contribution in [0, 0.1) is 11.6 Å². The van der Waals surface area contributed by atoms with Crippen molar-refractivity contribution in [2.24, 2.45) is 0 Å². The van der Waals surface area contributed by atoms with E-state index < -0.39 is 11.9 Å². The average Bonchev–Trinajstić information content (AvgIpc) is 2.72. The Morgan fingerprint density at radius 1 is 0.875 bits per heavy atom. The Labute approximate surface area is 192 Å². The van der Waals surface area contributed by atoms with Crippen LogP contribution in [0.1, 0.15) is 75.1 Å². The third-order valence-corrected chi connectivity index (χ3v) is 6.37. The normalized spacial score (nSPS) is 12.6. The third kappa shape index (κ3) is 5.13. The van der Waals surface area contributed by atoms with Gasteiger partial charge < -0.3 is 10.2 Å². The number of halogens is 2. The van der Waals surface area contributed by atoms with Gasteiger partial charge in [-0.25, -0.2) is 8.78 Å². The van der Waals surface area contributed by atoms with Crippen molar-refractivity contribution >= 4 is 11.8 Å². The zero-order chi connectivity index (χ0) is 23.6. The SMILES string of the molecule is CC(C)c1nc(C(C)C)c(C(C)O)c(-c2ccc(F)cc2O)c1CSc1ccc(F)cc1. The molecule has 0 fully saturated rings. The van der Waals surface area contributed by atoms with Crippen molar-refractivity contribution in [2.75, 3.05) is 0 Å². The van der Waals surface area contributed by atoms with Gasteiger partial charge in [0.05, 0.1) is 6.10 Å². The maximum Gasteiger partial charge on any atom is 0.126 e. The summed E-state index contributed by atoms with van der Waals surface area (Å²) in [5.74, 6) is -0.396. The van der Waals surface area contributed by atoms with Crippen LogP contribution in [0.25, 0.3) is 11.1 Å². The van der Waals surface area contributed by atoms with Gasteiger partial charge in [0.25, 0.3) is 0 Å². The molecule has 1 heterocycles. The summed E-state index contributed by atoms with van der Waals surface area (Å²) in [5.41, 5.74) is 4.29. The molecule has 32 heavy (non-hydrogen) atoms. The molecule has 0 amide bonds. The van der Waals surface area contributed by atoms with Crippen molar-refractivity contribution in [2.45, 2.75) is 63.2 Å². The highest BCUT2D eigenvalue weighted by Gasteiger charge is 2.27. The Morgan fingerprint density at radius 3 is 2.00 bits per heavy atom. The average molecular weight is 458 g/mol. The summed E-state index contributed by atoms with van der Waals surface area (Å²) in [4.78, 5) is 5.85. The number of thioether (sulfide) groups is 1. The number of hydrogen-bond donors (Lipinski definition) is 2. The van der Waals surface area contributed by atoms with Gasteiger partial charge in [-0.2, -0.15) is 0 Å². The molecule has 3 nitrogen and oxygen atoms in total. The minimum absolute atomic E-state index is 0.0391. The standard InChI is InChI=1S/C26H29F2NO2S/c1-14(2)25-21(13-32-19-9-6-17(27)7-10-19)24(20-11-8-18(28)12-22(20)31)23(16(5)30)26(29-25)15(3)4/h6-12,14-16,30-31H,13H2,1-5H3. The molecule has 1 atom stereocenters. The topological polar surface area (TPSA) is 53.4 Å². The van der Waals surface area contributed by atoms with Crippen LogP contribution in [-0.2, 0) is 5.75 Å². The first-order valence-electron chi connectivity index (χ1n) is 10.7. The predicted octanol–water partition coefficient (Wildman–Crippen LogP) is 7.32. The van der Waals surface area contributed by atoms with E-state index in [0.29, 0.717) is 22.4 Å². The second-order valence-corrected chi connectivity index (χ2v) is 9.59. The Bertz CT molecular complexity index is 1100. The number of nitrogens with zero attached hydrogens (tertiary/aromatic N) is 1. The van der Waals surface area contributed by atoms with Crippen LogP contribution in [0.15, 0.2) is 47.4 Å². The number of aliphatic hydroxyl groups is 1. The number of rotatable bonds is 7. The van der Waals surface area contributed by atoms with Gasteiger partial charge in [-0.05, 0) is 66.3 Å². The van der Waals surface area contributed by atoms with Crippen molar-refractivity contribution in [3.8, 4) is 16.9 Å². The van der Waals surface area contributed by atoms with E-state index in [1.165, 1.54) is 30.0 Å². The first kappa shape index (κ1) is 24.2. The molecule has 0 spiro atoms. The minimum Gasteiger partial charge on any atom is -0.507 e. The lowest BCUT2D eigenvalue weighted by atomic mass is 9.85. The number of phenols is 1. The number of pyridine rings is 1. The van der Waals surface area contributed by atoms with E-state index in [2.05, 4.69) is 13.8 Å².